The van der Waals surface area contributed by atoms with Crippen LogP contribution in [0.1, 0.15) is 20.8 Å². The molecule has 0 bridgehead atoms. The van der Waals surface area contributed by atoms with Gasteiger partial charge in [0.1, 0.15) is 0 Å². The van der Waals surface area contributed by atoms with Crippen LogP contribution >= 0.6 is 0 Å². The molecule has 0 radical (unpaired) electrons. The average Bonchev–Trinajstić information content (AvgIpc) is 2.17. The Morgan fingerprint density at radius 3 is 2.38 bits per heavy atom. The van der Waals surface area contributed by atoms with Crippen LogP contribution in [-0.4, -0.2) is 40.9 Å². The minimum Gasteiger partial charge on any atom is -0.333 e. The van der Waals surface area contributed by atoms with Crippen molar-refractivity contribution in [3.05, 3.63) is 0 Å². The van der Waals surface area contributed by atoms with Crippen molar-refractivity contribution in [3.63, 3.8) is 0 Å². The van der Waals surface area contributed by atoms with Crippen LogP contribution in [0, 0.1) is 5.92 Å². The van der Waals surface area contributed by atoms with Crippen molar-refractivity contribution in [2.45, 2.75) is 26.8 Å². The normalized spacial score (nSPS) is 21.5. The van der Waals surface area contributed by atoms with Gasteiger partial charge >= 0.3 is 6.03 Å². The lowest BCUT2D eigenvalue weighted by molar-refractivity contribution is 0.243. The van der Waals surface area contributed by atoms with Crippen LogP contribution in [0.15, 0.2) is 4.36 Å². The van der Waals surface area contributed by atoms with E-state index in [4.69, 9.17) is 0 Å². The molecule has 6 heteroatoms. The van der Waals surface area contributed by atoms with Gasteiger partial charge in [0, 0.05) is 30.6 Å². The lowest BCUT2D eigenvalue weighted by Crippen LogP contribution is -2.38. The third-order valence-electron chi connectivity index (χ3n) is 2.80. The van der Waals surface area contributed by atoms with E-state index in [1.807, 2.05) is 20.8 Å². The summed E-state index contributed by atoms with van der Waals surface area (Å²) >= 11 is 0. The van der Waals surface area contributed by atoms with Crippen molar-refractivity contribution >= 4 is 15.8 Å². The molecule has 0 aromatic carbocycles. The van der Waals surface area contributed by atoms with Crippen LogP contribution in [0.25, 0.3) is 0 Å². The number of hydrogen-bond acceptors (Lipinski definition) is 3. The Morgan fingerprint density at radius 1 is 1.31 bits per heavy atom. The molecule has 16 heavy (non-hydrogen) atoms. The van der Waals surface area contributed by atoms with Gasteiger partial charge in [0.15, 0.2) is 0 Å². The van der Waals surface area contributed by atoms with Gasteiger partial charge in [0.25, 0.3) is 0 Å². The molecule has 5 nitrogen and oxygen atoms in total. The van der Waals surface area contributed by atoms with Gasteiger partial charge in [-0.15, -0.1) is 4.36 Å². The quantitative estimate of drug-likeness (QED) is 0.758. The maximum atomic E-state index is 12.1. The number of carbonyl (C=O) groups is 1. The van der Waals surface area contributed by atoms with Crippen LogP contribution in [0.5, 0.6) is 0 Å². The van der Waals surface area contributed by atoms with Crippen molar-refractivity contribution in [2.75, 3.05) is 24.6 Å². The molecule has 0 spiro atoms. The summed E-state index contributed by atoms with van der Waals surface area (Å²) in [7, 11) is -2.31. The first-order valence-electron chi connectivity index (χ1n) is 5.67. The van der Waals surface area contributed by atoms with Gasteiger partial charge in [0.2, 0.25) is 0 Å². The van der Waals surface area contributed by atoms with Gasteiger partial charge in [-0.05, 0) is 12.8 Å². The molecule has 1 heterocycles. The molecule has 1 unspecified atom stereocenters. The first-order valence-corrected chi connectivity index (χ1v) is 7.52. The summed E-state index contributed by atoms with van der Waals surface area (Å²) in [5, 5.41) is 5.85. The summed E-state index contributed by atoms with van der Waals surface area (Å²) in [6, 6.07) is -0.380. The van der Waals surface area contributed by atoms with Crippen LogP contribution in [-0.2, 0) is 9.73 Å². The summed E-state index contributed by atoms with van der Waals surface area (Å²) in [4.78, 5) is 11.6. The Hall–Kier alpha value is -0.620. The largest absolute Gasteiger partial charge is 0.349 e. The standard InChI is InChI=1S/C10H21N3O2S/c1-8(2)9(3)12-10(14)13-16(15)6-4-11-5-7-16/h8-9,11H,4-7H2,1-3H3,(H,12,14). The van der Waals surface area contributed by atoms with Crippen LogP contribution in [0.2, 0.25) is 0 Å². The minimum atomic E-state index is -2.31. The zero-order valence-electron chi connectivity index (χ0n) is 10.2. The van der Waals surface area contributed by atoms with Gasteiger partial charge in [-0.1, -0.05) is 13.8 Å². The third-order valence-corrected chi connectivity index (χ3v) is 4.98. The van der Waals surface area contributed by atoms with Gasteiger partial charge in [-0.3, -0.25) is 0 Å². The molecule has 0 aromatic heterocycles. The van der Waals surface area contributed by atoms with E-state index in [9.17, 15) is 9.00 Å². The summed E-state index contributed by atoms with van der Waals surface area (Å²) in [5.74, 6) is 1.29. The fraction of sp³-hybridized carbons (Fsp3) is 0.900. The lowest BCUT2D eigenvalue weighted by atomic mass is 10.1. The second-order valence-corrected chi connectivity index (χ2v) is 7.05. The second-order valence-electron chi connectivity index (χ2n) is 4.50. The topological polar surface area (TPSA) is 70.6 Å². The SMILES string of the molecule is CC(C)C(C)NC(=O)N=S1(=O)CCNCC1. The molecule has 0 saturated carbocycles. The van der Waals surface area contributed by atoms with Crippen LogP contribution in [0.4, 0.5) is 4.79 Å². The van der Waals surface area contributed by atoms with E-state index in [-0.39, 0.29) is 6.04 Å². The molecule has 1 aliphatic heterocycles. The molecular formula is C10H21N3O2S. The van der Waals surface area contributed by atoms with Crippen molar-refractivity contribution < 1.29 is 9.00 Å². The highest BCUT2D eigenvalue weighted by Gasteiger charge is 2.17. The van der Waals surface area contributed by atoms with Crippen molar-refractivity contribution in [1.82, 2.24) is 10.6 Å². The van der Waals surface area contributed by atoms with E-state index >= 15 is 0 Å². The maximum Gasteiger partial charge on any atom is 0.349 e. The number of carbonyl (C=O) groups excluding carboxylic acids is 1. The zero-order chi connectivity index (χ0) is 12.2. The molecule has 1 atom stereocenters. The molecule has 0 aliphatic carbocycles. The van der Waals surface area contributed by atoms with Crippen molar-refractivity contribution in [2.24, 2.45) is 10.3 Å². The molecule has 94 valence electrons. The Morgan fingerprint density at radius 2 is 1.88 bits per heavy atom. The Balaban J connectivity index is 2.61. The van der Waals surface area contributed by atoms with Crippen molar-refractivity contribution in [3.8, 4) is 0 Å². The predicted molar refractivity (Wildman–Crippen MR) is 66.0 cm³/mol. The number of rotatable bonds is 2. The van der Waals surface area contributed by atoms with Crippen LogP contribution < -0.4 is 10.6 Å². The van der Waals surface area contributed by atoms with Gasteiger partial charge in [-0.2, -0.15) is 0 Å². The van der Waals surface area contributed by atoms with E-state index in [0.717, 1.165) is 0 Å². The predicted octanol–water partition coefficient (Wildman–Crippen LogP) is 0.812. The summed E-state index contributed by atoms with van der Waals surface area (Å²) in [6.45, 7) is 7.32. The maximum absolute atomic E-state index is 12.1. The highest BCUT2D eigenvalue weighted by Crippen LogP contribution is 2.03. The lowest BCUT2D eigenvalue weighted by Gasteiger charge is -2.18. The number of urea groups is 1. The van der Waals surface area contributed by atoms with E-state index in [1.54, 1.807) is 0 Å². The number of hydrogen-bond donors (Lipinski definition) is 2. The van der Waals surface area contributed by atoms with E-state index in [1.165, 1.54) is 0 Å². The van der Waals surface area contributed by atoms with E-state index < -0.39 is 15.8 Å². The summed E-state index contributed by atoms with van der Waals surface area (Å²) < 4.78 is 15.9. The molecule has 1 saturated heterocycles. The first kappa shape index (κ1) is 13.4. The third kappa shape index (κ3) is 4.09. The van der Waals surface area contributed by atoms with Gasteiger partial charge in [0.05, 0.1) is 9.73 Å². The number of nitrogens with zero attached hydrogens (tertiary/aromatic N) is 1. The molecule has 2 N–H and O–H groups in total. The first-order chi connectivity index (χ1) is 7.43. The molecule has 2 amide bonds. The Bertz CT molecular complexity index is 347. The fourth-order valence-electron chi connectivity index (χ4n) is 1.32. The van der Waals surface area contributed by atoms with E-state index in [0.29, 0.717) is 30.5 Å². The van der Waals surface area contributed by atoms with Crippen LogP contribution in [0.3, 0.4) is 0 Å². The zero-order valence-corrected chi connectivity index (χ0v) is 11.0. The molecule has 1 fully saturated rings. The van der Waals surface area contributed by atoms with Gasteiger partial charge < -0.3 is 10.6 Å². The molecular weight excluding hydrogens is 226 g/mol. The molecule has 1 rings (SSSR count). The smallest absolute Gasteiger partial charge is 0.333 e. The van der Waals surface area contributed by atoms with E-state index in [2.05, 4.69) is 15.0 Å². The fourth-order valence-corrected chi connectivity index (χ4v) is 2.99. The highest BCUT2D eigenvalue weighted by atomic mass is 32.2. The Labute approximate surface area is 97.6 Å². The van der Waals surface area contributed by atoms with Crippen molar-refractivity contribution in [1.29, 1.82) is 0 Å². The molecule has 1 aliphatic rings. The summed E-state index contributed by atoms with van der Waals surface area (Å²) in [5.41, 5.74) is 0. The number of nitrogens with one attached hydrogen (secondary N) is 2. The monoisotopic (exact) mass is 247 g/mol. The number of amides is 2. The second kappa shape index (κ2) is 5.63. The average molecular weight is 247 g/mol. The molecule has 0 aromatic rings. The minimum absolute atomic E-state index is 0.0564. The summed E-state index contributed by atoms with van der Waals surface area (Å²) in [6.07, 6.45) is 0. The highest BCUT2D eigenvalue weighted by molar-refractivity contribution is 7.94. The van der Waals surface area contributed by atoms with Gasteiger partial charge in [-0.25, -0.2) is 9.00 Å². The Kier molecular flexibility index (Phi) is 4.73.